The van der Waals surface area contributed by atoms with Crippen molar-refractivity contribution >= 4 is 27.5 Å². The lowest BCUT2D eigenvalue weighted by Gasteiger charge is -2.32. The lowest BCUT2D eigenvalue weighted by molar-refractivity contribution is -0.139. The van der Waals surface area contributed by atoms with Gasteiger partial charge in [0.15, 0.2) is 0 Å². The highest BCUT2D eigenvalue weighted by atomic mass is 32.2. The number of hydrogen-bond donors (Lipinski definition) is 1. The monoisotopic (exact) mass is 475 g/mol. The van der Waals surface area contributed by atoms with Gasteiger partial charge in [-0.3, -0.25) is 13.9 Å². The molecule has 9 heteroatoms. The van der Waals surface area contributed by atoms with E-state index in [1.807, 2.05) is 44.2 Å². The van der Waals surface area contributed by atoms with Gasteiger partial charge in [0.1, 0.15) is 18.3 Å². The van der Waals surface area contributed by atoms with Gasteiger partial charge in [0, 0.05) is 12.6 Å². The normalized spacial score (nSPS) is 12.2. The molecule has 33 heavy (non-hydrogen) atoms. The Balaban J connectivity index is 2.41. The molecule has 0 aliphatic rings. The topological polar surface area (TPSA) is 96.0 Å². The molecule has 0 bridgehead atoms. The van der Waals surface area contributed by atoms with Crippen molar-refractivity contribution in [2.75, 3.05) is 23.7 Å². The summed E-state index contributed by atoms with van der Waals surface area (Å²) >= 11 is 0. The predicted octanol–water partition coefficient (Wildman–Crippen LogP) is 2.79. The van der Waals surface area contributed by atoms with E-state index in [2.05, 4.69) is 5.32 Å². The maximum absolute atomic E-state index is 13.5. The van der Waals surface area contributed by atoms with Crippen molar-refractivity contribution in [3.8, 4) is 5.75 Å². The number of carbonyl (C=O) groups is 2. The first kappa shape index (κ1) is 26.2. The molecule has 0 unspecified atom stereocenters. The first-order valence-electron chi connectivity index (χ1n) is 10.9. The highest BCUT2D eigenvalue weighted by Gasteiger charge is 2.31. The number of nitrogens with zero attached hydrogens (tertiary/aromatic N) is 2. The number of anilines is 1. The van der Waals surface area contributed by atoms with Crippen LogP contribution in [0.3, 0.4) is 0 Å². The number of sulfonamides is 1. The van der Waals surface area contributed by atoms with Crippen LogP contribution < -0.4 is 14.4 Å². The third-order valence-corrected chi connectivity index (χ3v) is 6.03. The van der Waals surface area contributed by atoms with Crippen molar-refractivity contribution in [1.82, 2.24) is 10.2 Å². The second kappa shape index (κ2) is 11.7. The SMILES string of the molecule is CCOc1ccccc1N(CC(=O)N(Cc1ccccc1)[C@H](C)C(=O)NC(C)C)S(C)(=O)=O. The molecular weight excluding hydrogens is 442 g/mol. The lowest BCUT2D eigenvalue weighted by Crippen LogP contribution is -2.52. The van der Waals surface area contributed by atoms with Crippen LogP contribution in [0.4, 0.5) is 5.69 Å². The molecule has 2 amide bonds. The number of hydrogen-bond acceptors (Lipinski definition) is 5. The Kier molecular flexibility index (Phi) is 9.28. The van der Waals surface area contributed by atoms with Crippen LogP contribution in [-0.2, 0) is 26.2 Å². The number of para-hydroxylation sites is 2. The van der Waals surface area contributed by atoms with Gasteiger partial charge in [0.05, 0.1) is 18.6 Å². The van der Waals surface area contributed by atoms with Crippen LogP contribution in [0.1, 0.15) is 33.3 Å². The second-order valence-electron chi connectivity index (χ2n) is 8.02. The van der Waals surface area contributed by atoms with Crippen molar-refractivity contribution in [2.45, 2.75) is 46.3 Å². The molecule has 0 aliphatic heterocycles. The summed E-state index contributed by atoms with van der Waals surface area (Å²) < 4.78 is 32.0. The summed E-state index contributed by atoms with van der Waals surface area (Å²) in [6.07, 6.45) is 1.04. The van der Waals surface area contributed by atoms with E-state index in [1.165, 1.54) is 4.90 Å². The standard InChI is InChI=1S/C24H33N3O5S/c1-6-32-22-15-11-10-14-21(22)27(33(5,30)31)17-23(28)26(16-20-12-8-7-9-13-20)19(4)24(29)25-18(2)3/h7-15,18-19H,6,16-17H2,1-5H3,(H,25,29)/t19-/m1/s1. The molecule has 0 saturated heterocycles. The van der Waals surface area contributed by atoms with Crippen molar-refractivity contribution in [1.29, 1.82) is 0 Å². The zero-order valence-electron chi connectivity index (χ0n) is 19.8. The molecule has 180 valence electrons. The lowest BCUT2D eigenvalue weighted by atomic mass is 10.1. The third-order valence-electron chi connectivity index (χ3n) is 4.91. The second-order valence-corrected chi connectivity index (χ2v) is 9.92. The molecule has 1 N–H and O–H groups in total. The smallest absolute Gasteiger partial charge is 0.244 e. The average Bonchev–Trinajstić information content (AvgIpc) is 2.75. The summed E-state index contributed by atoms with van der Waals surface area (Å²) in [5.74, 6) is -0.449. The maximum Gasteiger partial charge on any atom is 0.244 e. The molecular formula is C24H33N3O5S. The van der Waals surface area contributed by atoms with Gasteiger partial charge < -0.3 is 15.0 Å². The van der Waals surface area contributed by atoms with E-state index in [0.29, 0.717) is 12.4 Å². The predicted molar refractivity (Wildman–Crippen MR) is 130 cm³/mol. The Labute approximate surface area is 196 Å². The van der Waals surface area contributed by atoms with Crippen molar-refractivity contribution in [3.05, 3.63) is 60.2 Å². The number of carbonyl (C=O) groups excluding carboxylic acids is 2. The Morgan fingerprint density at radius 3 is 2.18 bits per heavy atom. The molecule has 1 atom stereocenters. The summed E-state index contributed by atoms with van der Waals surface area (Å²) in [4.78, 5) is 27.6. The zero-order valence-corrected chi connectivity index (χ0v) is 20.6. The Hall–Kier alpha value is -3.07. The summed E-state index contributed by atoms with van der Waals surface area (Å²) in [7, 11) is -3.82. The van der Waals surface area contributed by atoms with Gasteiger partial charge in [-0.2, -0.15) is 0 Å². The van der Waals surface area contributed by atoms with Crippen LogP contribution in [0.5, 0.6) is 5.75 Å². The molecule has 0 radical (unpaired) electrons. The fourth-order valence-electron chi connectivity index (χ4n) is 3.30. The third kappa shape index (κ3) is 7.49. The zero-order chi connectivity index (χ0) is 24.6. The number of ether oxygens (including phenoxy) is 1. The van der Waals surface area contributed by atoms with Gasteiger partial charge in [0.25, 0.3) is 0 Å². The Morgan fingerprint density at radius 1 is 1.00 bits per heavy atom. The van der Waals surface area contributed by atoms with Crippen molar-refractivity contribution in [3.63, 3.8) is 0 Å². The number of benzene rings is 2. The minimum atomic E-state index is -3.82. The minimum Gasteiger partial charge on any atom is -0.492 e. The molecule has 0 aliphatic carbocycles. The van der Waals surface area contributed by atoms with E-state index in [0.717, 1.165) is 16.1 Å². The van der Waals surface area contributed by atoms with Gasteiger partial charge in [-0.1, -0.05) is 42.5 Å². The van der Waals surface area contributed by atoms with E-state index in [1.54, 1.807) is 38.1 Å². The Morgan fingerprint density at radius 2 is 1.61 bits per heavy atom. The average molecular weight is 476 g/mol. The number of nitrogens with one attached hydrogen (secondary N) is 1. The summed E-state index contributed by atoms with van der Waals surface area (Å²) in [6, 6.07) is 15.0. The van der Waals surface area contributed by atoms with Gasteiger partial charge in [-0.05, 0) is 45.4 Å². The van der Waals surface area contributed by atoms with Gasteiger partial charge in [0.2, 0.25) is 21.8 Å². The summed E-state index contributed by atoms with van der Waals surface area (Å²) in [6.45, 7) is 7.15. The van der Waals surface area contributed by atoms with Crippen LogP contribution in [0.2, 0.25) is 0 Å². The molecule has 8 nitrogen and oxygen atoms in total. The molecule has 0 spiro atoms. The van der Waals surface area contributed by atoms with Crippen LogP contribution in [-0.4, -0.2) is 56.6 Å². The molecule has 2 aromatic carbocycles. The molecule has 0 saturated carbocycles. The minimum absolute atomic E-state index is 0.0979. The molecule has 0 heterocycles. The van der Waals surface area contributed by atoms with Gasteiger partial charge in [-0.15, -0.1) is 0 Å². The molecule has 0 fully saturated rings. The first-order chi connectivity index (χ1) is 15.5. The van der Waals surface area contributed by atoms with Crippen molar-refractivity contribution < 1.29 is 22.7 Å². The largest absolute Gasteiger partial charge is 0.492 e. The molecule has 2 aromatic rings. The molecule has 0 aromatic heterocycles. The van der Waals surface area contributed by atoms with Crippen LogP contribution >= 0.6 is 0 Å². The summed E-state index contributed by atoms with van der Waals surface area (Å²) in [5.41, 5.74) is 1.10. The highest BCUT2D eigenvalue weighted by molar-refractivity contribution is 7.92. The van der Waals surface area contributed by atoms with Gasteiger partial charge >= 0.3 is 0 Å². The van der Waals surface area contributed by atoms with Crippen LogP contribution in [0, 0.1) is 0 Å². The van der Waals surface area contributed by atoms with E-state index in [-0.39, 0.29) is 24.2 Å². The fraction of sp³-hybridized carbons (Fsp3) is 0.417. The van der Waals surface area contributed by atoms with E-state index in [4.69, 9.17) is 4.74 Å². The fourth-order valence-corrected chi connectivity index (χ4v) is 4.16. The first-order valence-corrected chi connectivity index (χ1v) is 12.7. The van der Waals surface area contributed by atoms with E-state index < -0.39 is 28.5 Å². The van der Waals surface area contributed by atoms with E-state index in [9.17, 15) is 18.0 Å². The maximum atomic E-state index is 13.5. The van der Waals surface area contributed by atoms with Crippen LogP contribution in [0.25, 0.3) is 0 Å². The highest BCUT2D eigenvalue weighted by Crippen LogP contribution is 2.30. The van der Waals surface area contributed by atoms with E-state index >= 15 is 0 Å². The van der Waals surface area contributed by atoms with Crippen LogP contribution in [0.15, 0.2) is 54.6 Å². The van der Waals surface area contributed by atoms with Gasteiger partial charge in [-0.25, -0.2) is 8.42 Å². The van der Waals surface area contributed by atoms with Crippen molar-refractivity contribution in [2.24, 2.45) is 0 Å². The number of rotatable bonds is 11. The summed E-state index contributed by atoms with van der Waals surface area (Å²) in [5, 5.41) is 2.82. The number of amides is 2. The molecule has 2 rings (SSSR count). The quantitative estimate of drug-likeness (QED) is 0.539. The Bertz CT molecular complexity index is 1040.